The summed E-state index contributed by atoms with van der Waals surface area (Å²) in [4.78, 5) is 38.1. The highest BCUT2D eigenvalue weighted by atomic mass is 32.2. The van der Waals surface area contributed by atoms with Crippen molar-refractivity contribution in [3.05, 3.63) is 75.4 Å². The Bertz CT molecular complexity index is 986. The number of carbonyl (C=O) groups excluding carboxylic acids is 3. The number of carbonyl (C=O) groups is 3. The molecule has 0 spiro atoms. The lowest BCUT2D eigenvalue weighted by Gasteiger charge is -2.13. The standard InChI is InChI=1S/C22H21FN2O3S/c1-14-3-4-17(11-15(14)2)13-20(26)24-9-10-25-21(27)19(29-22(25)28)12-16-5-7-18(23)8-6-16/h3-8,11-12H,9-10,13H2,1-2H3,(H,24,26)/b19-12-. The molecule has 29 heavy (non-hydrogen) atoms. The van der Waals surface area contributed by atoms with E-state index in [0.717, 1.165) is 27.8 Å². The summed E-state index contributed by atoms with van der Waals surface area (Å²) in [5.74, 6) is -0.943. The molecule has 0 saturated carbocycles. The van der Waals surface area contributed by atoms with Crippen molar-refractivity contribution in [1.82, 2.24) is 10.2 Å². The number of halogens is 1. The molecule has 2 aromatic carbocycles. The smallest absolute Gasteiger partial charge is 0.293 e. The summed E-state index contributed by atoms with van der Waals surface area (Å²) in [6.07, 6.45) is 1.80. The van der Waals surface area contributed by atoms with E-state index < -0.39 is 5.91 Å². The second kappa shape index (κ2) is 9.05. The van der Waals surface area contributed by atoms with Crippen LogP contribution in [0.1, 0.15) is 22.3 Å². The van der Waals surface area contributed by atoms with Crippen LogP contribution in [0, 0.1) is 19.7 Å². The molecule has 7 heteroatoms. The molecule has 0 aliphatic carbocycles. The van der Waals surface area contributed by atoms with Crippen molar-refractivity contribution >= 4 is 34.9 Å². The summed E-state index contributed by atoms with van der Waals surface area (Å²) in [5.41, 5.74) is 3.85. The molecule has 0 radical (unpaired) electrons. The maximum Gasteiger partial charge on any atom is 0.293 e. The molecule has 0 atom stereocenters. The molecule has 1 fully saturated rings. The molecule has 5 nitrogen and oxygen atoms in total. The third kappa shape index (κ3) is 5.32. The number of rotatable bonds is 6. The molecule has 1 N–H and O–H groups in total. The average Bonchev–Trinajstić information content (AvgIpc) is 2.94. The van der Waals surface area contributed by atoms with Gasteiger partial charge in [-0.2, -0.15) is 0 Å². The fourth-order valence-electron chi connectivity index (χ4n) is 2.87. The first-order valence-electron chi connectivity index (χ1n) is 9.17. The Morgan fingerprint density at radius 2 is 1.83 bits per heavy atom. The first kappa shape index (κ1) is 20.8. The van der Waals surface area contributed by atoms with Gasteiger partial charge in [0.15, 0.2) is 0 Å². The van der Waals surface area contributed by atoms with Gasteiger partial charge < -0.3 is 5.32 Å². The molecule has 3 rings (SSSR count). The van der Waals surface area contributed by atoms with Crippen LogP contribution < -0.4 is 5.32 Å². The average molecular weight is 412 g/mol. The molecule has 0 unspecified atom stereocenters. The number of imide groups is 1. The summed E-state index contributed by atoms with van der Waals surface area (Å²) < 4.78 is 13.0. The monoisotopic (exact) mass is 412 g/mol. The number of amides is 3. The van der Waals surface area contributed by atoms with Gasteiger partial charge >= 0.3 is 0 Å². The number of benzene rings is 2. The van der Waals surface area contributed by atoms with E-state index in [9.17, 15) is 18.8 Å². The van der Waals surface area contributed by atoms with Crippen LogP contribution in [0.4, 0.5) is 9.18 Å². The summed E-state index contributed by atoms with van der Waals surface area (Å²) in [7, 11) is 0. The fourth-order valence-corrected chi connectivity index (χ4v) is 3.74. The zero-order valence-corrected chi connectivity index (χ0v) is 17.0. The number of hydrogen-bond acceptors (Lipinski definition) is 4. The summed E-state index contributed by atoms with van der Waals surface area (Å²) in [6, 6.07) is 11.5. The zero-order valence-electron chi connectivity index (χ0n) is 16.2. The Morgan fingerprint density at radius 3 is 2.52 bits per heavy atom. The molecule has 0 aromatic heterocycles. The maximum absolute atomic E-state index is 13.0. The largest absolute Gasteiger partial charge is 0.354 e. The van der Waals surface area contributed by atoms with Gasteiger partial charge in [-0.3, -0.25) is 19.3 Å². The summed E-state index contributed by atoms with van der Waals surface area (Å²) in [6.45, 7) is 4.30. The number of nitrogens with one attached hydrogen (secondary N) is 1. The number of nitrogens with zero attached hydrogens (tertiary/aromatic N) is 1. The molecular formula is C22H21FN2O3S. The van der Waals surface area contributed by atoms with Crippen LogP contribution in [-0.2, 0) is 16.0 Å². The third-order valence-electron chi connectivity index (χ3n) is 4.63. The van der Waals surface area contributed by atoms with Crippen LogP contribution >= 0.6 is 11.8 Å². The second-order valence-electron chi connectivity index (χ2n) is 6.83. The highest BCUT2D eigenvalue weighted by Crippen LogP contribution is 2.31. The van der Waals surface area contributed by atoms with E-state index in [0.29, 0.717) is 5.56 Å². The van der Waals surface area contributed by atoms with Crippen molar-refractivity contribution in [1.29, 1.82) is 0 Å². The van der Waals surface area contributed by atoms with Crippen molar-refractivity contribution < 1.29 is 18.8 Å². The zero-order chi connectivity index (χ0) is 21.0. The van der Waals surface area contributed by atoms with Gasteiger partial charge in [-0.05, 0) is 66.1 Å². The topological polar surface area (TPSA) is 66.5 Å². The van der Waals surface area contributed by atoms with Gasteiger partial charge in [-0.1, -0.05) is 30.3 Å². The van der Waals surface area contributed by atoms with E-state index in [2.05, 4.69) is 5.32 Å². The van der Waals surface area contributed by atoms with E-state index in [-0.39, 0.29) is 41.4 Å². The fraction of sp³-hybridized carbons (Fsp3) is 0.227. The summed E-state index contributed by atoms with van der Waals surface area (Å²) in [5, 5.41) is 2.37. The third-order valence-corrected chi connectivity index (χ3v) is 5.54. The van der Waals surface area contributed by atoms with E-state index in [4.69, 9.17) is 0 Å². The van der Waals surface area contributed by atoms with Gasteiger partial charge in [-0.25, -0.2) is 4.39 Å². The highest BCUT2D eigenvalue weighted by Gasteiger charge is 2.34. The molecule has 1 aliphatic rings. The minimum Gasteiger partial charge on any atom is -0.354 e. The first-order valence-corrected chi connectivity index (χ1v) is 9.99. The lowest BCUT2D eigenvalue weighted by atomic mass is 10.0. The maximum atomic E-state index is 13.0. The first-order chi connectivity index (χ1) is 13.8. The van der Waals surface area contributed by atoms with Crippen molar-refractivity contribution in [3.8, 4) is 0 Å². The van der Waals surface area contributed by atoms with E-state index in [1.54, 1.807) is 6.08 Å². The Hall–Kier alpha value is -2.93. The number of hydrogen-bond donors (Lipinski definition) is 1. The van der Waals surface area contributed by atoms with Crippen molar-refractivity contribution in [2.75, 3.05) is 13.1 Å². The molecule has 150 valence electrons. The molecule has 1 heterocycles. The Morgan fingerprint density at radius 1 is 1.10 bits per heavy atom. The predicted octanol–water partition coefficient (Wildman–Crippen LogP) is 3.84. The minimum absolute atomic E-state index is 0.101. The van der Waals surface area contributed by atoms with Gasteiger partial charge in [0.05, 0.1) is 11.3 Å². The molecular weight excluding hydrogens is 391 g/mol. The Labute approximate surface area is 173 Å². The lowest BCUT2D eigenvalue weighted by Crippen LogP contribution is -2.37. The van der Waals surface area contributed by atoms with Gasteiger partial charge in [0.25, 0.3) is 11.1 Å². The molecule has 1 aliphatic heterocycles. The lowest BCUT2D eigenvalue weighted by molar-refractivity contribution is -0.124. The van der Waals surface area contributed by atoms with Crippen LogP contribution in [0.15, 0.2) is 47.4 Å². The van der Waals surface area contributed by atoms with Crippen LogP contribution in [0.5, 0.6) is 0 Å². The quantitative estimate of drug-likeness (QED) is 0.732. The summed E-state index contributed by atoms with van der Waals surface area (Å²) >= 11 is 0.837. The van der Waals surface area contributed by atoms with Crippen molar-refractivity contribution in [3.63, 3.8) is 0 Å². The molecule has 3 amide bonds. The van der Waals surface area contributed by atoms with Crippen LogP contribution in [0.3, 0.4) is 0 Å². The molecule has 2 aromatic rings. The number of thioether (sulfide) groups is 1. The van der Waals surface area contributed by atoms with E-state index in [1.807, 2.05) is 32.0 Å². The number of aryl methyl sites for hydroxylation is 2. The Balaban J connectivity index is 1.53. The van der Waals surface area contributed by atoms with Crippen LogP contribution in [0.25, 0.3) is 6.08 Å². The van der Waals surface area contributed by atoms with E-state index >= 15 is 0 Å². The van der Waals surface area contributed by atoms with Gasteiger partial charge in [-0.15, -0.1) is 0 Å². The van der Waals surface area contributed by atoms with E-state index in [1.165, 1.54) is 29.8 Å². The van der Waals surface area contributed by atoms with Gasteiger partial charge in [0, 0.05) is 13.1 Å². The van der Waals surface area contributed by atoms with Crippen LogP contribution in [0.2, 0.25) is 0 Å². The molecule has 0 bridgehead atoms. The minimum atomic E-state index is -0.410. The van der Waals surface area contributed by atoms with Gasteiger partial charge in [0.2, 0.25) is 5.91 Å². The Kier molecular flexibility index (Phi) is 6.49. The normalized spacial score (nSPS) is 15.3. The second-order valence-corrected chi connectivity index (χ2v) is 7.82. The van der Waals surface area contributed by atoms with Gasteiger partial charge in [0.1, 0.15) is 5.82 Å². The molecule has 1 saturated heterocycles. The SMILES string of the molecule is Cc1ccc(CC(=O)NCCN2C(=O)S/C(=C\c3ccc(F)cc3)C2=O)cc1C. The van der Waals surface area contributed by atoms with Crippen LogP contribution in [-0.4, -0.2) is 35.0 Å². The van der Waals surface area contributed by atoms with Crippen molar-refractivity contribution in [2.24, 2.45) is 0 Å². The predicted molar refractivity (Wildman–Crippen MR) is 112 cm³/mol. The van der Waals surface area contributed by atoms with Crippen molar-refractivity contribution in [2.45, 2.75) is 20.3 Å². The highest BCUT2D eigenvalue weighted by molar-refractivity contribution is 8.18.